The predicted octanol–water partition coefficient (Wildman–Crippen LogP) is 1.47. The highest BCUT2D eigenvalue weighted by molar-refractivity contribution is 7.74. The topological polar surface area (TPSA) is 62.8 Å². The molecule has 0 amide bonds. The van der Waals surface area contributed by atoms with Gasteiger partial charge in [-0.25, -0.2) is 8.57 Å². The van der Waals surface area contributed by atoms with Gasteiger partial charge in [-0.05, 0) is 20.8 Å². The van der Waals surface area contributed by atoms with E-state index in [1.54, 1.807) is 26.8 Å². The summed E-state index contributed by atoms with van der Waals surface area (Å²) in [5, 5.41) is 10.1. The van der Waals surface area contributed by atoms with E-state index in [4.69, 9.17) is 4.42 Å². The lowest BCUT2D eigenvalue weighted by Crippen LogP contribution is -2.15. The second-order valence-corrected chi connectivity index (χ2v) is 4.97. The van der Waals surface area contributed by atoms with E-state index in [0.717, 1.165) is 0 Å². The zero-order valence-corrected chi connectivity index (χ0v) is 9.63. The zero-order chi connectivity index (χ0) is 10.9. The fourth-order valence-corrected chi connectivity index (χ4v) is 1.92. The number of nitrogens with zero attached hydrogens (tertiary/aromatic N) is 1. The first kappa shape index (κ1) is 11.3. The molecular formula is C9H15NO3S. The molecule has 0 aliphatic heterocycles. The van der Waals surface area contributed by atoms with Gasteiger partial charge in [-0.1, -0.05) is 0 Å². The summed E-state index contributed by atoms with van der Waals surface area (Å²) in [6.45, 7) is 5.05. The van der Waals surface area contributed by atoms with Gasteiger partial charge in [-0.2, -0.15) is 0 Å². The summed E-state index contributed by atoms with van der Waals surface area (Å²) in [7, 11) is -0.346. The molecule has 0 saturated carbocycles. The van der Waals surface area contributed by atoms with Crippen molar-refractivity contribution in [3.63, 3.8) is 0 Å². The number of rotatable bonds is 2. The van der Waals surface area contributed by atoms with E-state index >= 15 is 0 Å². The summed E-state index contributed by atoms with van der Waals surface area (Å²) in [5.41, 5.74) is -0.324. The SMILES string of the molecule is C/N=[SH](=O)/c1cc(C(C)(C)O)c(C)o1. The molecule has 1 aromatic rings. The van der Waals surface area contributed by atoms with Crippen LogP contribution in [-0.2, 0) is 16.2 Å². The molecule has 4 nitrogen and oxygen atoms in total. The van der Waals surface area contributed by atoms with Crippen LogP contribution >= 0.6 is 0 Å². The lowest BCUT2D eigenvalue weighted by molar-refractivity contribution is 0.0770. The summed E-state index contributed by atoms with van der Waals surface area (Å²) in [6, 6.07) is 1.60. The molecule has 1 heterocycles. The number of aryl methyl sites for hydroxylation is 1. The first-order chi connectivity index (χ1) is 6.36. The van der Waals surface area contributed by atoms with Gasteiger partial charge in [0.15, 0.2) is 5.09 Å². The van der Waals surface area contributed by atoms with Gasteiger partial charge in [-0.15, -0.1) is 0 Å². The molecule has 0 bridgehead atoms. The Morgan fingerprint density at radius 2 is 2.14 bits per heavy atom. The van der Waals surface area contributed by atoms with E-state index in [1.807, 2.05) is 0 Å². The lowest BCUT2D eigenvalue weighted by atomic mass is 10.00. The van der Waals surface area contributed by atoms with Crippen molar-refractivity contribution >= 4 is 10.6 Å². The second kappa shape index (κ2) is 3.74. The monoisotopic (exact) mass is 217 g/mol. The summed E-state index contributed by atoms with van der Waals surface area (Å²) >= 11 is 0. The number of thiol groups is 1. The van der Waals surface area contributed by atoms with E-state index < -0.39 is 16.2 Å². The Morgan fingerprint density at radius 1 is 1.57 bits per heavy atom. The molecule has 1 N–H and O–H groups in total. The van der Waals surface area contributed by atoms with Crippen LogP contribution in [0.15, 0.2) is 19.9 Å². The quantitative estimate of drug-likeness (QED) is 0.737. The van der Waals surface area contributed by atoms with Crippen molar-refractivity contribution in [2.24, 2.45) is 4.36 Å². The Kier molecular flexibility index (Phi) is 3.01. The van der Waals surface area contributed by atoms with Crippen molar-refractivity contribution in [2.45, 2.75) is 31.5 Å². The Hall–Kier alpha value is -0.810. The van der Waals surface area contributed by atoms with Gasteiger partial charge in [0, 0.05) is 18.7 Å². The average Bonchev–Trinajstić information content (AvgIpc) is 2.45. The third-order valence-electron chi connectivity index (χ3n) is 1.93. The summed E-state index contributed by atoms with van der Waals surface area (Å²) < 4.78 is 20.2. The van der Waals surface area contributed by atoms with Crippen LogP contribution in [0.3, 0.4) is 0 Å². The molecular weight excluding hydrogens is 202 g/mol. The molecule has 0 fully saturated rings. The number of aliphatic hydroxyl groups is 1. The van der Waals surface area contributed by atoms with E-state index in [0.29, 0.717) is 16.4 Å². The number of hydrogen-bond acceptors (Lipinski definition) is 4. The Morgan fingerprint density at radius 3 is 2.50 bits per heavy atom. The summed E-state index contributed by atoms with van der Waals surface area (Å²) in [6.07, 6.45) is 0. The molecule has 0 spiro atoms. The van der Waals surface area contributed by atoms with Gasteiger partial charge in [-0.3, -0.25) is 0 Å². The Labute approximate surface area is 85.2 Å². The minimum Gasteiger partial charge on any atom is -0.452 e. The van der Waals surface area contributed by atoms with Crippen LogP contribution in [0.1, 0.15) is 25.2 Å². The third kappa shape index (κ3) is 2.16. The van der Waals surface area contributed by atoms with Crippen LogP contribution in [0.5, 0.6) is 0 Å². The van der Waals surface area contributed by atoms with Crippen molar-refractivity contribution in [3.8, 4) is 0 Å². The van der Waals surface area contributed by atoms with Crippen LogP contribution in [0.4, 0.5) is 0 Å². The Balaban J connectivity index is 3.25. The van der Waals surface area contributed by atoms with Crippen molar-refractivity contribution in [1.82, 2.24) is 0 Å². The van der Waals surface area contributed by atoms with Gasteiger partial charge in [0.25, 0.3) is 0 Å². The standard InChI is InChI=1S/C9H15NO3S/c1-6-7(9(2,3)11)5-8(13-6)14(12)10-4/h5,11,14H,1-4H3. The molecule has 0 radical (unpaired) electrons. The van der Waals surface area contributed by atoms with Gasteiger partial charge in [0.2, 0.25) is 0 Å². The summed E-state index contributed by atoms with van der Waals surface area (Å²) in [4.78, 5) is 0. The first-order valence-electron chi connectivity index (χ1n) is 4.26. The predicted molar refractivity (Wildman–Crippen MR) is 54.8 cm³/mol. The highest BCUT2D eigenvalue weighted by Gasteiger charge is 2.22. The third-order valence-corrected chi connectivity index (χ3v) is 2.89. The van der Waals surface area contributed by atoms with Gasteiger partial charge < -0.3 is 9.52 Å². The average molecular weight is 217 g/mol. The zero-order valence-electron chi connectivity index (χ0n) is 8.74. The van der Waals surface area contributed by atoms with Crippen molar-refractivity contribution < 1.29 is 13.7 Å². The van der Waals surface area contributed by atoms with Gasteiger partial charge in [0.05, 0.1) is 16.2 Å². The molecule has 5 heteroatoms. The fourth-order valence-electron chi connectivity index (χ4n) is 1.27. The maximum absolute atomic E-state index is 11.3. The minimum atomic E-state index is -1.82. The van der Waals surface area contributed by atoms with Crippen LogP contribution < -0.4 is 0 Å². The molecule has 0 aromatic carbocycles. The van der Waals surface area contributed by atoms with Crippen LogP contribution in [-0.4, -0.2) is 16.4 Å². The molecule has 80 valence electrons. The number of furan rings is 1. The Bertz CT molecular complexity index is 408. The second-order valence-electron chi connectivity index (χ2n) is 3.59. The smallest absolute Gasteiger partial charge is 0.196 e. The maximum atomic E-state index is 11.3. The molecule has 14 heavy (non-hydrogen) atoms. The van der Waals surface area contributed by atoms with Gasteiger partial charge >= 0.3 is 0 Å². The van der Waals surface area contributed by atoms with Crippen molar-refractivity contribution in [1.29, 1.82) is 0 Å². The molecule has 1 unspecified atom stereocenters. The largest absolute Gasteiger partial charge is 0.452 e. The fraction of sp³-hybridized carbons (Fsp3) is 0.556. The molecule has 0 aliphatic rings. The summed E-state index contributed by atoms with van der Waals surface area (Å²) in [5.74, 6) is 0.583. The van der Waals surface area contributed by atoms with Crippen molar-refractivity contribution in [3.05, 3.63) is 17.4 Å². The van der Waals surface area contributed by atoms with E-state index in [9.17, 15) is 9.32 Å². The molecule has 1 rings (SSSR count). The lowest BCUT2D eigenvalue weighted by Gasteiger charge is -2.15. The van der Waals surface area contributed by atoms with Gasteiger partial charge in [0.1, 0.15) is 5.76 Å². The van der Waals surface area contributed by atoms with Crippen LogP contribution in [0, 0.1) is 6.92 Å². The van der Waals surface area contributed by atoms with E-state index in [1.165, 1.54) is 7.05 Å². The van der Waals surface area contributed by atoms with E-state index in [-0.39, 0.29) is 0 Å². The van der Waals surface area contributed by atoms with E-state index in [2.05, 4.69) is 4.36 Å². The van der Waals surface area contributed by atoms with Crippen LogP contribution in [0.25, 0.3) is 0 Å². The normalized spacial score (nSPS) is 14.6. The maximum Gasteiger partial charge on any atom is 0.196 e. The first-order valence-corrected chi connectivity index (χ1v) is 5.47. The molecule has 0 aliphatic carbocycles. The number of hydrogen-bond donors (Lipinski definition) is 2. The highest BCUT2D eigenvalue weighted by Crippen LogP contribution is 2.27. The van der Waals surface area contributed by atoms with Crippen molar-refractivity contribution in [2.75, 3.05) is 7.05 Å². The molecule has 1 aromatic heterocycles. The van der Waals surface area contributed by atoms with Crippen LogP contribution in [0.2, 0.25) is 0 Å². The minimum absolute atomic E-state index is 0.317. The highest BCUT2D eigenvalue weighted by atomic mass is 32.2. The molecule has 0 saturated heterocycles. The molecule has 1 atom stereocenters.